The van der Waals surface area contributed by atoms with Gasteiger partial charge in [0, 0.05) is 8.95 Å². The van der Waals surface area contributed by atoms with E-state index in [4.69, 9.17) is 11.6 Å². The second kappa shape index (κ2) is 6.43. The Labute approximate surface area is 136 Å². The lowest BCUT2D eigenvalue weighted by Gasteiger charge is -2.14. The molecule has 0 saturated carbocycles. The zero-order chi connectivity index (χ0) is 14.0. The molecular formula is C16H15Br2Cl. The molecule has 0 radical (unpaired) electrons. The SMILES string of the molecule is CC(C)c1ccc(C(Cl)c2cc(Br)ccc2Br)cc1. The Morgan fingerprint density at radius 2 is 1.47 bits per heavy atom. The van der Waals surface area contributed by atoms with E-state index in [1.807, 2.05) is 12.1 Å². The van der Waals surface area contributed by atoms with Crippen molar-refractivity contribution < 1.29 is 0 Å². The smallest absolute Gasteiger partial charge is 0.0846 e. The summed E-state index contributed by atoms with van der Waals surface area (Å²) in [6.07, 6.45) is 0. The molecule has 2 rings (SSSR count). The Morgan fingerprint density at radius 3 is 2.05 bits per heavy atom. The van der Waals surface area contributed by atoms with Crippen molar-refractivity contribution in [3.8, 4) is 0 Å². The first-order valence-corrected chi connectivity index (χ1v) is 8.20. The van der Waals surface area contributed by atoms with Crippen LogP contribution in [-0.4, -0.2) is 0 Å². The molecule has 19 heavy (non-hydrogen) atoms. The number of benzene rings is 2. The van der Waals surface area contributed by atoms with Gasteiger partial charge >= 0.3 is 0 Å². The molecule has 0 aliphatic carbocycles. The summed E-state index contributed by atoms with van der Waals surface area (Å²) in [5, 5.41) is -0.145. The molecule has 2 aromatic carbocycles. The van der Waals surface area contributed by atoms with Gasteiger partial charge in [0.15, 0.2) is 0 Å². The third-order valence-corrected chi connectivity index (χ3v) is 4.83. The summed E-state index contributed by atoms with van der Waals surface area (Å²) in [4.78, 5) is 0. The lowest BCUT2D eigenvalue weighted by molar-refractivity contribution is 0.865. The highest BCUT2D eigenvalue weighted by molar-refractivity contribution is 9.11. The Kier molecular flexibility index (Phi) is 5.10. The van der Waals surface area contributed by atoms with Gasteiger partial charge < -0.3 is 0 Å². The van der Waals surface area contributed by atoms with Gasteiger partial charge in [0.1, 0.15) is 0 Å². The van der Waals surface area contributed by atoms with Crippen LogP contribution in [0.3, 0.4) is 0 Å². The summed E-state index contributed by atoms with van der Waals surface area (Å²) < 4.78 is 2.07. The highest BCUT2D eigenvalue weighted by atomic mass is 79.9. The van der Waals surface area contributed by atoms with Gasteiger partial charge in [-0.1, -0.05) is 70.0 Å². The van der Waals surface area contributed by atoms with Crippen molar-refractivity contribution in [1.82, 2.24) is 0 Å². The third kappa shape index (κ3) is 3.62. The average Bonchev–Trinajstić information content (AvgIpc) is 2.41. The van der Waals surface area contributed by atoms with Crippen LogP contribution in [0, 0.1) is 0 Å². The third-order valence-electron chi connectivity index (χ3n) is 3.13. The number of alkyl halides is 1. The van der Waals surface area contributed by atoms with Crippen LogP contribution < -0.4 is 0 Å². The van der Waals surface area contributed by atoms with E-state index >= 15 is 0 Å². The molecule has 1 atom stereocenters. The number of rotatable bonds is 3. The van der Waals surface area contributed by atoms with E-state index in [-0.39, 0.29) is 5.38 Å². The predicted octanol–water partition coefficient (Wildman–Crippen LogP) is 6.66. The Morgan fingerprint density at radius 1 is 0.895 bits per heavy atom. The van der Waals surface area contributed by atoms with Crippen LogP contribution in [0.4, 0.5) is 0 Å². The molecule has 0 bridgehead atoms. The number of hydrogen-bond donors (Lipinski definition) is 0. The molecule has 0 aromatic heterocycles. The van der Waals surface area contributed by atoms with E-state index in [1.165, 1.54) is 5.56 Å². The Hall–Kier alpha value is -0.310. The molecule has 0 aliphatic rings. The Balaban J connectivity index is 2.33. The van der Waals surface area contributed by atoms with Gasteiger partial charge in [0.25, 0.3) is 0 Å². The quantitative estimate of drug-likeness (QED) is 0.503. The molecule has 0 aliphatic heterocycles. The van der Waals surface area contributed by atoms with Crippen molar-refractivity contribution in [2.75, 3.05) is 0 Å². The van der Waals surface area contributed by atoms with Crippen molar-refractivity contribution in [3.63, 3.8) is 0 Å². The van der Waals surface area contributed by atoms with Crippen molar-refractivity contribution in [1.29, 1.82) is 0 Å². The molecule has 0 spiro atoms. The summed E-state index contributed by atoms with van der Waals surface area (Å²) in [5.74, 6) is 0.542. The minimum Gasteiger partial charge on any atom is -0.113 e. The van der Waals surface area contributed by atoms with Crippen molar-refractivity contribution in [2.45, 2.75) is 25.1 Å². The normalized spacial score (nSPS) is 12.7. The maximum atomic E-state index is 6.59. The monoisotopic (exact) mass is 400 g/mol. The van der Waals surface area contributed by atoms with Crippen LogP contribution in [0.2, 0.25) is 0 Å². The summed E-state index contributed by atoms with van der Waals surface area (Å²) >= 11 is 13.6. The first-order chi connectivity index (χ1) is 8.99. The fourth-order valence-electron chi connectivity index (χ4n) is 1.94. The lowest BCUT2D eigenvalue weighted by Crippen LogP contribution is -1.96. The fourth-order valence-corrected chi connectivity index (χ4v) is 3.25. The van der Waals surface area contributed by atoms with Gasteiger partial charge in [-0.2, -0.15) is 0 Å². The van der Waals surface area contributed by atoms with E-state index in [2.05, 4.69) is 76.0 Å². The van der Waals surface area contributed by atoms with Crippen LogP contribution in [-0.2, 0) is 0 Å². The van der Waals surface area contributed by atoms with Crippen LogP contribution in [0.25, 0.3) is 0 Å². The van der Waals surface area contributed by atoms with Gasteiger partial charge in [-0.25, -0.2) is 0 Å². The number of hydrogen-bond acceptors (Lipinski definition) is 0. The molecule has 3 heteroatoms. The van der Waals surface area contributed by atoms with E-state index in [0.717, 1.165) is 20.1 Å². The molecule has 100 valence electrons. The van der Waals surface area contributed by atoms with Crippen molar-refractivity contribution >= 4 is 43.5 Å². The average molecular weight is 403 g/mol. The van der Waals surface area contributed by atoms with Crippen LogP contribution in [0.1, 0.15) is 41.8 Å². The van der Waals surface area contributed by atoms with Gasteiger partial charge in [0.05, 0.1) is 5.38 Å². The standard InChI is InChI=1S/C16H15Br2Cl/c1-10(2)11-3-5-12(6-4-11)16(19)14-9-13(17)7-8-15(14)18/h3-10,16H,1-2H3. The van der Waals surface area contributed by atoms with Crippen LogP contribution in [0.15, 0.2) is 51.4 Å². The second-order valence-electron chi connectivity index (χ2n) is 4.85. The summed E-state index contributed by atoms with van der Waals surface area (Å²) in [6, 6.07) is 14.6. The van der Waals surface area contributed by atoms with Crippen molar-refractivity contribution in [2.24, 2.45) is 0 Å². The van der Waals surface area contributed by atoms with Crippen LogP contribution in [0.5, 0.6) is 0 Å². The van der Waals surface area contributed by atoms with Crippen molar-refractivity contribution in [3.05, 3.63) is 68.1 Å². The molecule has 0 nitrogen and oxygen atoms in total. The minimum absolute atomic E-state index is 0.145. The molecule has 2 aromatic rings. The van der Waals surface area contributed by atoms with Gasteiger partial charge in [-0.05, 0) is 40.8 Å². The van der Waals surface area contributed by atoms with E-state index < -0.39 is 0 Å². The topological polar surface area (TPSA) is 0 Å². The van der Waals surface area contributed by atoms with Gasteiger partial charge in [-0.15, -0.1) is 11.6 Å². The zero-order valence-electron chi connectivity index (χ0n) is 10.8. The maximum absolute atomic E-state index is 6.59. The maximum Gasteiger partial charge on any atom is 0.0846 e. The van der Waals surface area contributed by atoms with E-state index in [0.29, 0.717) is 5.92 Å². The van der Waals surface area contributed by atoms with Crippen LogP contribution >= 0.6 is 43.5 Å². The molecule has 0 heterocycles. The Bertz CT molecular complexity index is 561. The molecule has 0 amide bonds. The first kappa shape index (κ1) is 15.1. The van der Waals surface area contributed by atoms with E-state index in [9.17, 15) is 0 Å². The minimum atomic E-state index is -0.145. The molecule has 0 saturated heterocycles. The summed E-state index contributed by atoms with van der Waals surface area (Å²) in [7, 11) is 0. The zero-order valence-corrected chi connectivity index (χ0v) is 14.8. The first-order valence-electron chi connectivity index (χ1n) is 6.18. The molecular weight excluding hydrogens is 387 g/mol. The fraction of sp³-hybridized carbons (Fsp3) is 0.250. The number of halogens is 3. The highest BCUT2D eigenvalue weighted by Gasteiger charge is 2.14. The van der Waals surface area contributed by atoms with Gasteiger partial charge in [0.2, 0.25) is 0 Å². The van der Waals surface area contributed by atoms with E-state index in [1.54, 1.807) is 0 Å². The highest BCUT2D eigenvalue weighted by Crippen LogP contribution is 2.35. The second-order valence-corrected chi connectivity index (χ2v) is 7.06. The summed E-state index contributed by atoms with van der Waals surface area (Å²) in [5.41, 5.74) is 3.53. The largest absolute Gasteiger partial charge is 0.113 e. The molecule has 0 fully saturated rings. The molecule has 0 N–H and O–H groups in total. The molecule has 1 unspecified atom stereocenters. The predicted molar refractivity (Wildman–Crippen MR) is 90.1 cm³/mol. The van der Waals surface area contributed by atoms with Gasteiger partial charge in [-0.3, -0.25) is 0 Å². The lowest BCUT2D eigenvalue weighted by atomic mass is 9.98. The summed E-state index contributed by atoms with van der Waals surface area (Å²) in [6.45, 7) is 4.39.